The van der Waals surface area contributed by atoms with Crippen molar-refractivity contribution in [2.24, 2.45) is 0 Å². The molecule has 0 saturated heterocycles. The number of aromatic nitrogens is 1. The summed E-state index contributed by atoms with van der Waals surface area (Å²) in [6.07, 6.45) is 1.52. The summed E-state index contributed by atoms with van der Waals surface area (Å²) in [5.41, 5.74) is 3.39. The molecule has 0 spiro atoms. The lowest BCUT2D eigenvalue weighted by Gasteiger charge is -2.22. The van der Waals surface area contributed by atoms with Crippen LogP contribution < -0.4 is 0 Å². The lowest BCUT2D eigenvalue weighted by atomic mass is 10.1. The van der Waals surface area contributed by atoms with Crippen molar-refractivity contribution in [3.8, 4) is 11.5 Å². The van der Waals surface area contributed by atoms with Gasteiger partial charge in [-0.15, -0.1) is 0 Å². The van der Waals surface area contributed by atoms with Crippen LogP contribution in [0.1, 0.15) is 16.8 Å². The molecule has 6 heteroatoms. The summed E-state index contributed by atoms with van der Waals surface area (Å²) in [4.78, 5) is 30.5. The first-order valence-corrected chi connectivity index (χ1v) is 8.95. The van der Waals surface area contributed by atoms with E-state index in [0.29, 0.717) is 18.1 Å². The van der Waals surface area contributed by atoms with E-state index in [0.717, 1.165) is 16.7 Å². The van der Waals surface area contributed by atoms with Crippen LogP contribution in [0.4, 0.5) is 0 Å². The molecule has 1 heterocycles. The Morgan fingerprint density at radius 3 is 2.50 bits per heavy atom. The van der Waals surface area contributed by atoms with Crippen LogP contribution in [0.25, 0.3) is 11.5 Å². The Labute approximate surface area is 163 Å². The third-order valence-corrected chi connectivity index (χ3v) is 4.43. The van der Waals surface area contributed by atoms with E-state index in [-0.39, 0.29) is 18.9 Å². The molecule has 0 unspecified atom stereocenters. The van der Waals surface area contributed by atoms with Gasteiger partial charge in [0.05, 0.1) is 19.2 Å². The molecule has 2 aromatic carbocycles. The lowest BCUT2D eigenvalue weighted by molar-refractivity contribution is -0.147. The highest BCUT2D eigenvalue weighted by Gasteiger charge is 2.20. The maximum absolute atomic E-state index is 12.9. The van der Waals surface area contributed by atoms with E-state index in [1.54, 1.807) is 0 Å². The Kier molecular flexibility index (Phi) is 6.22. The number of ether oxygens (including phenoxy) is 1. The molecule has 0 saturated carbocycles. The highest BCUT2D eigenvalue weighted by molar-refractivity contribution is 5.83. The molecule has 0 bridgehead atoms. The summed E-state index contributed by atoms with van der Waals surface area (Å²) in [7, 11) is 1.31. The molecule has 1 amide bonds. The Morgan fingerprint density at radius 2 is 1.79 bits per heavy atom. The van der Waals surface area contributed by atoms with Crippen LogP contribution in [-0.2, 0) is 27.3 Å². The molecule has 3 aromatic rings. The summed E-state index contributed by atoms with van der Waals surface area (Å²) < 4.78 is 10.2. The molecule has 3 rings (SSSR count). The van der Waals surface area contributed by atoms with E-state index >= 15 is 0 Å². The van der Waals surface area contributed by atoms with Gasteiger partial charge in [-0.2, -0.15) is 0 Å². The van der Waals surface area contributed by atoms with Crippen LogP contribution in [0.5, 0.6) is 0 Å². The summed E-state index contributed by atoms with van der Waals surface area (Å²) in [5.74, 6) is -0.226. The predicted octanol–water partition coefficient (Wildman–Crippen LogP) is 3.39. The normalized spacial score (nSPS) is 10.5. The second-order valence-corrected chi connectivity index (χ2v) is 6.44. The molecule has 28 heavy (non-hydrogen) atoms. The van der Waals surface area contributed by atoms with E-state index in [4.69, 9.17) is 9.15 Å². The van der Waals surface area contributed by atoms with Gasteiger partial charge in [0.15, 0.2) is 0 Å². The Hall–Kier alpha value is -3.41. The van der Waals surface area contributed by atoms with Crippen LogP contribution in [0, 0.1) is 6.92 Å². The second-order valence-electron chi connectivity index (χ2n) is 6.44. The third-order valence-electron chi connectivity index (χ3n) is 4.43. The molecule has 0 fully saturated rings. The number of amides is 1. The Morgan fingerprint density at radius 1 is 1.07 bits per heavy atom. The lowest BCUT2D eigenvalue weighted by Crippen LogP contribution is -2.37. The van der Waals surface area contributed by atoms with Crippen LogP contribution in [0.3, 0.4) is 0 Å². The fraction of sp³-hybridized carbons (Fsp3) is 0.227. The number of carbonyl (C=O) groups is 2. The average molecular weight is 378 g/mol. The summed E-state index contributed by atoms with van der Waals surface area (Å²) in [5, 5.41) is 0. The van der Waals surface area contributed by atoms with Gasteiger partial charge in [0, 0.05) is 12.1 Å². The number of rotatable bonds is 7. The molecule has 144 valence electrons. The number of oxazole rings is 1. The van der Waals surface area contributed by atoms with E-state index in [2.05, 4.69) is 4.98 Å². The zero-order chi connectivity index (χ0) is 19.9. The number of methoxy groups -OCH3 is 1. The molecule has 0 N–H and O–H groups in total. The van der Waals surface area contributed by atoms with Gasteiger partial charge in [-0.1, -0.05) is 42.5 Å². The van der Waals surface area contributed by atoms with Crippen molar-refractivity contribution >= 4 is 11.9 Å². The van der Waals surface area contributed by atoms with E-state index in [1.807, 2.05) is 61.5 Å². The molecule has 0 radical (unpaired) electrons. The standard InChI is InChI=1S/C22H22N2O4/c1-16-8-6-7-11-18(16)13-24(14-21(26)27-2)20(25)12-19-15-28-22(23-19)17-9-4-3-5-10-17/h3-11,15H,12-14H2,1-2H3. The number of nitrogens with zero attached hydrogens (tertiary/aromatic N) is 2. The van der Waals surface area contributed by atoms with Crippen molar-refractivity contribution in [2.45, 2.75) is 19.9 Å². The second kappa shape index (κ2) is 8.99. The number of hydrogen-bond acceptors (Lipinski definition) is 5. The monoisotopic (exact) mass is 378 g/mol. The highest BCUT2D eigenvalue weighted by atomic mass is 16.5. The van der Waals surface area contributed by atoms with Crippen molar-refractivity contribution in [1.29, 1.82) is 0 Å². The molecule has 1 aromatic heterocycles. The predicted molar refractivity (Wildman–Crippen MR) is 104 cm³/mol. The summed E-state index contributed by atoms with van der Waals surface area (Å²) in [6.45, 7) is 2.18. The van der Waals surface area contributed by atoms with Crippen molar-refractivity contribution in [2.75, 3.05) is 13.7 Å². The molecule has 0 aliphatic rings. The van der Waals surface area contributed by atoms with Gasteiger partial charge in [-0.3, -0.25) is 9.59 Å². The van der Waals surface area contributed by atoms with Gasteiger partial charge in [-0.25, -0.2) is 4.98 Å². The van der Waals surface area contributed by atoms with Gasteiger partial charge in [-0.05, 0) is 30.2 Å². The van der Waals surface area contributed by atoms with E-state index in [1.165, 1.54) is 18.3 Å². The van der Waals surface area contributed by atoms with Gasteiger partial charge in [0.1, 0.15) is 12.8 Å². The van der Waals surface area contributed by atoms with Crippen molar-refractivity contribution in [1.82, 2.24) is 9.88 Å². The van der Waals surface area contributed by atoms with Crippen LogP contribution >= 0.6 is 0 Å². The van der Waals surface area contributed by atoms with Crippen LogP contribution in [0.2, 0.25) is 0 Å². The van der Waals surface area contributed by atoms with Crippen molar-refractivity contribution in [3.05, 3.63) is 77.7 Å². The Bertz CT molecular complexity index is 950. The topological polar surface area (TPSA) is 72.6 Å². The molecular formula is C22H22N2O4. The molecule has 0 aliphatic heterocycles. The maximum atomic E-state index is 12.9. The molecule has 6 nitrogen and oxygen atoms in total. The minimum atomic E-state index is -0.466. The highest BCUT2D eigenvalue weighted by Crippen LogP contribution is 2.19. The fourth-order valence-electron chi connectivity index (χ4n) is 2.81. The van der Waals surface area contributed by atoms with Gasteiger partial charge in [0.25, 0.3) is 0 Å². The number of benzene rings is 2. The van der Waals surface area contributed by atoms with Gasteiger partial charge >= 0.3 is 5.97 Å². The SMILES string of the molecule is COC(=O)CN(Cc1ccccc1C)C(=O)Cc1coc(-c2ccccc2)n1. The van der Waals surface area contributed by atoms with Gasteiger partial charge < -0.3 is 14.1 Å². The minimum Gasteiger partial charge on any atom is -0.468 e. The third kappa shape index (κ3) is 4.85. The Balaban J connectivity index is 1.75. The van der Waals surface area contributed by atoms with Crippen molar-refractivity contribution in [3.63, 3.8) is 0 Å². The smallest absolute Gasteiger partial charge is 0.325 e. The number of aryl methyl sites for hydroxylation is 1. The summed E-state index contributed by atoms with van der Waals surface area (Å²) >= 11 is 0. The van der Waals surface area contributed by atoms with E-state index < -0.39 is 5.97 Å². The first-order chi connectivity index (χ1) is 13.6. The maximum Gasteiger partial charge on any atom is 0.325 e. The van der Waals surface area contributed by atoms with Crippen LogP contribution in [0.15, 0.2) is 65.3 Å². The molecule has 0 atom stereocenters. The first kappa shape index (κ1) is 19.4. The fourth-order valence-corrected chi connectivity index (χ4v) is 2.81. The van der Waals surface area contributed by atoms with E-state index in [9.17, 15) is 9.59 Å². The zero-order valence-electron chi connectivity index (χ0n) is 15.9. The number of esters is 1. The first-order valence-electron chi connectivity index (χ1n) is 8.95. The van der Waals surface area contributed by atoms with Crippen molar-refractivity contribution < 1.29 is 18.7 Å². The number of hydrogen-bond donors (Lipinski definition) is 0. The molecular weight excluding hydrogens is 356 g/mol. The quantitative estimate of drug-likeness (QED) is 0.589. The minimum absolute atomic E-state index is 0.0409. The van der Waals surface area contributed by atoms with Gasteiger partial charge in [0.2, 0.25) is 11.8 Å². The number of carbonyl (C=O) groups excluding carboxylic acids is 2. The average Bonchev–Trinajstić information content (AvgIpc) is 3.18. The molecule has 0 aliphatic carbocycles. The largest absolute Gasteiger partial charge is 0.468 e. The summed E-state index contributed by atoms with van der Waals surface area (Å²) in [6, 6.07) is 17.2. The van der Waals surface area contributed by atoms with Crippen LogP contribution in [-0.4, -0.2) is 35.4 Å². The zero-order valence-corrected chi connectivity index (χ0v) is 15.9.